The first-order valence-electron chi connectivity index (χ1n) is 3.11. The molecule has 0 unspecified atom stereocenters. The first-order chi connectivity index (χ1) is 5.41. The summed E-state index contributed by atoms with van der Waals surface area (Å²) >= 11 is 5.27. The van der Waals surface area contributed by atoms with Gasteiger partial charge in [0, 0.05) is 6.17 Å². The molecule has 0 N–H and O–H groups in total. The Morgan fingerprint density at radius 3 is 2.55 bits per heavy atom. The third-order valence-corrected chi connectivity index (χ3v) is 1.19. The molecule has 11 heavy (non-hydrogen) atoms. The zero-order chi connectivity index (χ0) is 9.35. The van der Waals surface area contributed by atoms with E-state index >= 15 is 0 Å². The van der Waals surface area contributed by atoms with Crippen molar-refractivity contribution in [1.29, 1.82) is 0 Å². The van der Waals surface area contributed by atoms with Crippen molar-refractivity contribution in [2.75, 3.05) is 0 Å². The zero-order valence-electron chi connectivity index (χ0n) is 6.11. The van der Waals surface area contributed by atoms with Crippen LogP contribution in [0.1, 0.15) is 6.93 Å². The maximum Gasteiger partial charge on any atom is 0.417 e. The average Bonchev–Trinajstić information content (AvgIpc) is 1.83. The average molecular weight is 183 g/mol. The number of hydrogen-bond acceptors (Lipinski definition) is 1. The van der Waals surface area contributed by atoms with E-state index in [4.69, 9.17) is 13.0 Å². The SMILES string of the molecule is [2H]c1nc(Cl)ccc1C(F)(F)F. The highest BCUT2D eigenvalue weighted by Crippen LogP contribution is 2.28. The minimum absolute atomic E-state index is 0.118. The van der Waals surface area contributed by atoms with E-state index in [2.05, 4.69) is 4.98 Å². The van der Waals surface area contributed by atoms with Crippen molar-refractivity contribution in [1.82, 2.24) is 4.98 Å². The summed E-state index contributed by atoms with van der Waals surface area (Å²) in [7, 11) is 0. The predicted molar refractivity (Wildman–Crippen MR) is 34.2 cm³/mol. The lowest BCUT2D eigenvalue weighted by molar-refractivity contribution is -0.137. The Bertz CT molecular complexity index is 299. The molecule has 0 amide bonds. The summed E-state index contributed by atoms with van der Waals surface area (Å²) in [5, 5.41) is -0.118. The van der Waals surface area contributed by atoms with E-state index in [1.807, 2.05) is 0 Å². The molecule has 0 aliphatic carbocycles. The van der Waals surface area contributed by atoms with Crippen molar-refractivity contribution in [2.45, 2.75) is 6.18 Å². The minimum Gasteiger partial charge on any atom is -0.244 e. The molecule has 0 radical (unpaired) electrons. The summed E-state index contributed by atoms with van der Waals surface area (Å²) in [6.07, 6.45) is -5.38. The molecule has 0 bridgehead atoms. The fourth-order valence-electron chi connectivity index (χ4n) is 0.498. The fraction of sp³-hybridized carbons (Fsp3) is 0.167. The van der Waals surface area contributed by atoms with Crippen LogP contribution in [0.5, 0.6) is 0 Å². The zero-order valence-corrected chi connectivity index (χ0v) is 5.87. The Hall–Kier alpha value is -0.770. The van der Waals surface area contributed by atoms with Crippen LogP contribution in [-0.4, -0.2) is 4.98 Å². The fourth-order valence-corrected chi connectivity index (χ4v) is 0.603. The summed E-state index contributed by atoms with van der Waals surface area (Å²) in [4.78, 5) is 3.15. The lowest BCUT2D eigenvalue weighted by Gasteiger charge is -2.04. The monoisotopic (exact) mass is 182 g/mol. The third-order valence-electron chi connectivity index (χ3n) is 0.976. The molecule has 60 valence electrons. The van der Waals surface area contributed by atoms with E-state index in [0.29, 0.717) is 0 Å². The first-order valence-corrected chi connectivity index (χ1v) is 2.99. The molecule has 1 aromatic rings. The molecular formula is C6H3ClF3N. The van der Waals surface area contributed by atoms with Gasteiger partial charge in [0.1, 0.15) is 5.15 Å². The number of aromatic nitrogens is 1. The van der Waals surface area contributed by atoms with Gasteiger partial charge in [-0.1, -0.05) is 11.6 Å². The maximum atomic E-state index is 12.0. The Balaban J connectivity index is 3.19. The molecule has 0 fully saturated rings. The first kappa shape index (κ1) is 6.91. The van der Waals surface area contributed by atoms with Gasteiger partial charge < -0.3 is 0 Å². The van der Waals surface area contributed by atoms with Gasteiger partial charge >= 0.3 is 6.18 Å². The molecule has 0 spiro atoms. The van der Waals surface area contributed by atoms with Gasteiger partial charge in [0.05, 0.1) is 6.93 Å². The van der Waals surface area contributed by atoms with Crippen molar-refractivity contribution in [3.63, 3.8) is 0 Å². The number of hydrogen-bond donors (Lipinski definition) is 0. The van der Waals surface area contributed by atoms with E-state index in [1.165, 1.54) is 0 Å². The van der Waals surface area contributed by atoms with Crippen LogP contribution in [-0.2, 0) is 6.18 Å². The van der Waals surface area contributed by atoms with Crippen LogP contribution in [0.4, 0.5) is 13.2 Å². The number of halogens is 4. The van der Waals surface area contributed by atoms with Crippen molar-refractivity contribution < 1.29 is 14.5 Å². The molecule has 0 saturated carbocycles. The number of pyridine rings is 1. The van der Waals surface area contributed by atoms with Gasteiger partial charge in [-0.25, -0.2) is 4.98 Å². The second-order valence-corrected chi connectivity index (χ2v) is 2.18. The second-order valence-electron chi connectivity index (χ2n) is 1.79. The third kappa shape index (κ3) is 2.08. The van der Waals surface area contributed by atoms with Gasteiger partial charge in [0.25, 0.3) is 0 Å². The van der Waals surface area contributed by atoms with Gasteiger partial charge in [0.2, 0.25) is 0 Å². The van der Waals surface area contributed by atoms with E-state index < -0.39 is 17.9 Å². The lowest BCUT2D eigenvalue weighted by Crippen LogP contribution is -2.04. The Kier molecular flexibility index (Phi) is 1.69. The highest BCUT2D eigenvalue weighted by molar-refractivity contribution is 6.29. The van der Waals surface area contributed by atoms with Crippen LogP contribution in [0.3, 0.4) is 0 Å². The normalized spacial score (nSPS) is 12.9. The smallest absolute Gasteiger partial charge is 0.244 e. The quantitative estimate of drug-likeness (QED) is 0.563. The van der Waals surface area contributed by atoms with Crippen LogP contribution in [0.25, 0.3) is 0 Å². The van der Waals surface area contributed by atoms with Crippen LogP contribution >= 0.6 is 11.6 Å². The van der Waals surface area contributed by atoms with Crippen molar-refractivity contribution in [3.8, 4) is 0 Å². The standard InChI is InChI=1S/C6H3ClF3N/c7-5-2-1-4(3-11-5)6(8,9)10/h1-3H/i3D. The van der Waals surface area contributed by atoms with Crippen molar-refractivity contribution in [3.05, 3.63) is 29.0 Å². The van der Waals surface area contributed by atoms with Crippen molar-refractivity contribution >= 4 is 11.6 Å². The number of nitrogens with zero attached hydrogens (tertiary/aromatic N) is 1. The maximum absolute atomic E-state index is 12.0. The second kappa shape index (κ2) is 2.70. The van der Waals surface area contributed by atoms with E-state index in [0.717, 1.165) is 12.1 Å². The molecule has 0 aliphatic heterocycles. The number of rotatable bonds is 0. The van der Waals surface area contributed by atoms with Crippen LogP contribution in [0.2, 0.25) is 5.15 Å². The van der Waals surface area contributed by atoms with E-state index in [9.17, 15) is 13.2 Å². The van der Waals surface area contributed by atoms with Crippen LogP contribution in [0, 0.1) is 0 Å². The van der Waals surface area contributed by atoms with E-state index in [-0.39, 0.29) is 5.15 Å². The van der Waals surface area contributed by atoms with Gasteiger partial charge in [-0.3, -0.25) is 0 Å². The Morgan fingerprint density at radius 1 is 1.45 bits per heavy atom. The summed E-state index contributed by atoms with van der Waals surface area (Å²) < 4.78 is 42.8. The topological polar surface area (TPSA) is 12.9 Å². The molecule has 1 heterocycles. The molecule has 0 aromatic carbocycles. The summed E-state index contributed by atoms with van der Waals surface area (Å²) in [5.41, 5.74) is -1.08. The summed E-state index contributed by atoms with van der Waals surface area (Å²) in [5.74, 6) is 0. The highest BCUT2D eigenvalue weighted by Gasteiger charge is 2.30. The largest absolute Gasteiger partial charge is 0.417 e. The summed E-state index contributed by atoms with van der Waals surface area (Å²) in [6.45, 7) is 0. The molecule has 0 aliphatic rings. The van der Waals surface area contributed by atoms with E-state index in [1.54, 1.807) is 0 Å². The molecule has 5 heteroatoms. The van der Waals surface area contributed by atoms with Crippen molar-refractivity contribution in [2.24, 2.45) is 0 Å². The predicted octanol–water partition coefficient (Wildman–Crippen LogP) is 2.75. The lowest BCUT2D eigenvalue weighted by atomic mass is 10.3. The van der Waals surface area contributed by atoms with Gasteiger partial charge in [-0.05, 0) is 12.1 Å². The molecule has 1 rings (SSSR count). The summed E-state index contributed by atoms with van der Waals surface area (Å²) in [6, 6.07) is 1.74. The Morgan fingerprint density at radius 2 is 2.09 bits per heavy atom. The molecule has 0 atom stereocenters. The highest BCUT2D eigenvalue weighted by atomic mass is 35.5. The molecule has 1 nitrogen and oxygen atoms in total. The molecule has 1 aromatic heterocycles. The Labute approximate surface area is 67.2 Å². The van der Waals surface area contributed by atoms with Gasteiger partial charge in [0.15, 0.2) is 0 Å². The van der Waals surface area contributed by atoms with Gasteiger partial charge in [-0.15, -0.1) is 0 Å². The van der Waals surface area contributed by atoms with Crippen LogP contribution < -0.4 is 0 Å². The minimum atomic E-state index is -4.53. The molecule has 0 saturated heterocycles. The number of alkyl halides is 3. The van der Waals surface area contributed by atoms with Crippen LogP contribution in [0.15, 0.2) is 18.3 Å². The van der Waals surface area contributed by atoms with Gasteiger partial charge in [-0.2, -0.15) is 13.2 Å². The molecular weight excluding hydrogens is 179 g/mol.